The molecule has 1 aromatic carbocycles. The Kier molecular flexibility index (Phi) is 3.03. The Balaban J connectivity index is 1.61. The summed E-state index contributed by atoms with van der Waals surface area (Å²) in [4.78, 5) is 3.35. The van der Waals surface area contributed by atoms with Crippen molar-refractivity contribution >= 4 is 15.9 Å². The van der Waals surface area contributed by atoms with Crippen molar-refractivity contribution in [3.8, 4) is 0 Å². The van der Waals surface area contributed by atoms with Crippen LogP contribution in [-0.4, -0.2) is 29.4 Å². The number of benzene rings is 1. The van der Waals surface area contributed by atoms with Gasteiger partial charge in [-0.15, -0.1) is 0 Å². The lowest BCUT2D eigenvalue weighted by molar-refractivity contribution is 0.215. The van der Waals surface area contributed by atoms with Crippen molar-refractivity contribution < 1.29 is 0 Å². The zero-order valence-corrected chi connectivity index (χ0v) is 11.1. The summed E-state index contributed by atoms with van der Waals surface area (Å²) in [5.41, 5.74) is 3.17. The number of hydrogen-bond acceptors (Lipinski definition) is 1. The molecule has 1 fully saturated rings. The average molecular weight is 280 g/mol. The molecule has 0 radical (unpaired) electrons. The molecule has 2 heteroatoms. The molecule has 3 rings (SSSR count). The third-order valence-electron chi connectivity index (χ3n) is 3.89. The average Bonchev–Trinajstić information content (AvgIpc) is 2.26. The highest BCUT2D eigenvalue weighted by Gasteiger charge is 2.28. The summed E-state index contributed by atoms with van der Waals surface area (Å²) in [6.45, 7) is 3.79. The minimum atomic E-state index is 0.719. The topological polar surface area (TPSA) is 3.24 Å². The van der Waals surface area contributed by atoms with Gasteiger partial charge in [0.2, 0.25) is 0 Å². The van der Waals surface area contributed by atoms with Gasteiger partial charge >= 0.3 is 0 Å². The van der Waals surface area contributed by atoms with Crippen LogP contribution in [-0.2, 0) is 6.42 Å². The fraction of sp³-hybridized carbons (Fsp3) is 0.571. The van der Waals surface area contributed by atoms with Gasteiger partial charge in [-0.3, -0.25) is 0 Å². The number of piperidine rings is 1. The van der Waals surface area contributed by atoms with Crippen LogP contribution in [0.2, 0.25) is 0 Å². The molecule has 0 spiro atoms. The number of hydrogen-bond donors (Lipinski definition) is 0. The Labute approximate surface area is 106 Å². The van der Waals surface area contributed by atoms with E-state index in [2.05, 4.69) is 45.1 Å². The quantitative estimate of drug-likeness (QED) is 0.752. The van der Waals surface area contributed by atoms with E-state index >= 15 is 0 Å². The SMILES string of the molecule is BrC1CCCN(CC2Cc3ccccc32)C1. The van der Waals surface area contributed by atoms with E-state index in [4.69, 9.17) is 0 Å². The van der Waals surface area contributed by atoms with Crippen LogP contribution in [0.5, 0.6) is 0 Å². The van der Waals surface area contributed by atoms with Crippen molar-refractivity contribution in [1.29, 1.82) is 0 Å². The normalized spacial score (nSPS) is 29.6. The standard InChI is InChI=1S/C14H18BrN/c15-13-5-3-7-16(10-13)9-12-8-11-4-1-2-6-14(11)12/h1-2,4,6,12-13H,3,5,7-10H2. The van der Waals surface area contributed by atoms with Crippen LogP contribution in [0.15, 0.2) is 24.3 Å². The molecular weight excluding hydrogens is 262 g/mol. The van der Waals surface area contributed by atoms with Gasteiger partial charge in [-0.25, -0.2) is 0 Å². The van der Waals surface area contributed by atoms with Crippen LogP contribution in [0.25, 0.3) is 0 Å². The fourth-order valence-corrected chi connectivity index (χ4v) is 3.74. The van der Waals surface area contributed by atoms with E-state index in [-0.39, 0.29) is 0 Å². The van der Waals surface area contributed by atoms with Crippen molar-refractivity contribution in [2.24, 2.45) is 0 Å². The van der Waals surface area contributed by atoms with E-state index in [0.29, 0.717) is 0 Å². The summed E-state index contributed by atoms with van der Waals surface area (Å²) in [5.74, 6) is 0.800. The molecule has 1 aliphatic carbocycles. The van der Waals surface area contributed by atoms with E-state index in [1.807, 2.05) is 0 Å². The molecule has 0 amide bonds. The smallest absolute Gasteiger partial charge is 0.0273 e. The van der Waals surface area contributed by atoms with Crippen molar-refractivity contribution in [1.82, 2.24) is 4.90 Å². The van der Waals surface area contributed by atoms with Crippen molar-refractivity contribution in [3.63, 3.8) is 0 Å². The maximum absolute atomic E-state index is 3.75. The lowest BCUT2D eigenvalue weighted by Gasteiger charge is -2.37. The molecule has 0 aromatic heterocycles. The summed E-state index contributed by atoms with van der Waals surface area (Å²) >= 11 is 3.75. The molecule has 0 N–H and O–H groups in total. The Morgan fingerprint density at radius 1 is 1.31 bits per heavy atom. The second kappa shape index (κ2) is 4.50. The molecule has 1 aliphatic heterocycles. The van der Waals surface area contributed by atoms with Crippen LogP contribution in [0.3, 0.4) is 0 Å². The first kappa shape index (κ1) is 10.8. The van der Waals surface area contributed by atoms with E-state index in [1.54, 1.807) is 11.1 Å². The van der Waals surface area contributed by atoms with Crippen LogP contribution in [0.1, 0.15) is 29.9 Å². The summed E-state index contributed by atoms with van der Waals surface area (Å²) in [6, 6.07) is 8.91. The molecule has 1 aromatic rings. The Morgan fingerprint density at radius 2 is 2.19 bits per heavy atom. The second-order valence-corrected chi connectivity index (χ2v) is 6.39. The number of halogens is 1. The van der Waals surface area contributed by atoms with Crippen LogP contribution >= 0.6 is 15.9 Å². The summed E-state index contributed by atoms with van der Waals surface area (Å²) < 4.78 is 0. The molecule has 16 heavy (non-hydrogen) atoms. The first-order valence-corrected chi connectivity index (χ1v) is 7.19. The van der Waals surface area contributed by atoms with Crippen LogP contribution in [0.4, 0.5) is 0 Å². The van der Waals surface area contributed by atoms with Gasteiger partial charge in [0.1, 0.15) is 0 Å². The van der Waals surface area contributed by atoms with Gasteiger partial charge in [0.25, 0.3) is 0 Å². The van der Waals surface area contributed by atoms with Crippen molar-refractivity contribution in [2.75, 3.05) is 19.6 Å². The van der Waals surface area contributed by atoms with Gasteiger partial charge in [-0.1, -0.05) is 40.2 Å². The van der Waals surface area contributed by atoms with Crippen molar-refractivity contribution in [2.45, 2.75) is 30.0 Å². The number of alkyl halides is 1. The van der Waals surface area contributed by atoms with Crippen LogP contribution in [0, 0.1) is 0 Å². The molecule has 1 nitrogen and oxygen atoms in total. The van der Waals surface area contributed by atoms with Gasteiger partial charge in [0, 0.05) is 23.8 Å². The summed E-state index contributed by atoms with van der Waals surface area (Å²) in [7, 11) is 0. The summed E-state index contributed by atoms with van der Waals surface area (Å²) in [5, 5.41) is 0. The molecule has 2 atom stereocenters. The molecular formula is C14H18BrN. The Morgan fingerprint density at radius 3 is 3.00 bits per heavy atom. The Bertz CT molecular complexity index is 377. The fourth-order valence-electron chi connectivity index (χ4n) is 3.00. The second-order valence-electron chi connectivity index (χ2n) is 5.10. The van der Waals surface area contributed by atoms with Crippen LogP contribution < -0.4 is 0 Å². The van der Waals surface area contributed by atoms with E-state index in [9.17, 15) is 0 Å². The molecule has 86 valence electrons. The van der Waals surface area contributed by atoms with Gasteiger partial charge in [0.15, 0.2) is 0 Å². The highest BCUT2D eigenvalue weighted by molar-refractivity contribution is 9.09. The Hall–Kier alpha value is -0.340. The van der Waals surface area contributed by atoms with E-state index in [1.165, 1.54) is 38.9 Å². The minimum Gasteiger partial charge on any atom is -0.302 e. The van der Waals surface area contributed by atoms with Gasteiger partial charge in [-0.2, -0.15) is 0 Å². The number of likely N-dealkylation sites (tertiary alicyclic amines) is 1. The highest BCUT2D eigenvalue weighted by Crippen LogP contribution is 2.35. The van der Waals surface area contributed by atoms with E-state index in [0.717, 1.165) is 10.7 Å². The monoisotopic (exact) mass is 279 g/mol. The highest BCUT2D eigenvalue weighted by atomic mass is 79.9. The lowest BCUT2D eigenvalue weighted by Crippen LogP contribution is -2.40. The third kappa shape index (κ3) is 2.05. The van der Waals surface area contributed by atoms with E-state index < -0.39 is 0 Å². The third-order valence-corrected chi connectivity index (χ3v) is 4.64. The van der Waals surface area contributed by atoms with Gasteiger partial charge in [0.05, 0.1) is 0 Å². The lowest BCUT2D eigenvalue weighted by atomic mass is 9.77. The molecule has 1 heterocycles. The number of rotatable bonds is 2. The van der Waals surface area contributed by atoms with Gasteiger partial charge in [-0.05, 0) is 36.9 Å². The maximum Gasteiger partial charge on any atom is 0.0273 e. The van der Waals surface area contributed by atoms with Gasteiger partial charge < -0.3 is 4.90 Å². The van der Waals surface area contributed by atoms with Crippen molar-refractivity contribution in [3.05, 3.63) is 35.4 Å². The number of fused-ring (bicyclic) bond motifs is 1. The maximum atomic E-state index is 3.75. The zero-order chi connectivity index (χ0) is 11.0. The molecule has 2 unspecified atom stereocenters. The first-order valence-electron chi connectivity index (χ1n) is 6.27. The predicted molar refractivity (Wildman–Crippen MR) is 71.3 cm³/mol. The molecule has 0 bridgehead atoms. The molecule has 0 saturated carbocycles. The summed E-state index contributed by atoms with van der Waals surface area (Å²) in [6.07, 6.45) is 3.99. The minimum absolute atomic E-state index is 0.719. The molecule has 1 saturated heterocycles. The predicted octanol–water partition coefficient (Wildman–Crippen LogP) is 3.19. The first-order chi connectivity index (χ1) is 7.83. The number of nitrogens with zero attached hydrogens (tertiary/aromatic N) is 1. The largest absolute Gasteiger partial charge is 0.302 e. The zero-order valence-electron chi connectivity index (χ0n) is 9.53. The molecule has 2 aliphatic rings.